The van der Waals surface area contributed by atoms with Crippen LogP contribution in [0, 0.1) is 5.82 Å². The lowest BCUT2D eigenvalue weighted by atomic mass is 10.2. The van der Waals surface area contributed by atoms with E-state index in [0.717, 1.165) is 18.7 Å². The van der Waals surface area contributed by atoms with Crippen molar-refractivity contribution in [2.24, 2.45) is 7.05 Å². The molecule has 0 atom stereocenters. The molecule has 0 fully saturated rings. The highest BCUT2D eigenvalue weighted by Crippen LogP contribution is 2.03. The Hall–Kier alpha value is -1.32. The van der Waals surface area contributed by atoms with Crippen molar-refractivity contribution in [3.8, 4) is 0 Å². The molecule has 0 aliphatic carbocycles. The molecule has 2 nitrogen and oxygen atoms in total. The minimum atomic E-state index is -0.189. The Morgan fingerprint density at radius 2 is 1.82 bits per heavy atom. The number of rotatable bonds is 4. The molecule has 4 heteroatoms. The van der Waals surface area contributed by atoms with E-state index in [1.807, 2.05) is 19.3 Å². The Morgan fingerprint density at radius 3 is 2.41 bits per heavy atom. The second-order valence-electron chi connectivity index (χ2n) is 3.84. The molecule has 1 heterocycles. The van der Waals surface area contributed by atoms with Gasteiger partial charge in [-0.3, -0.25) is 0 Å². The maximum absolute atomic E-state index is 12.7. The zero-order chi connectivity index (χ0) is 11.4. The van der Waals surface area contributed by atoms with E-state index in [4.69, 9.17) is 0 Å². The number of hydrogen-bond donors (Lipinski definition) is 1. The Kier molecular flexibility index (Phi) is 5.19. The molecule has 0 spiro atoms. The summed E-state index contributed by atoms with van der Waals surface area (Å²) in [4.78, 5) is 0. The zero-order valence-electron chi connectivity index (χ0n) is 9.66. The van der Waals surface area contributed by atoms with Crippen LogP contribution in [0.3, 0.4) is 0 Å². The van der Waals surface area contributed by atoms with Gasteiger partial charge in [0.2, 0.25) is 0 Å². The van der Waals surface area contributed by atoms with E-state index in [-0.39, 0.29) is 18.2 Å². The van der Waals surface area contributed by atoms with Crippen LogP contribution in [0.25, 0.3) is 0 Å². The predicted molar refractivity (Wildman–Crippen MR) is 62.4 cm³/mol. The molecule has 0 saturated heterocycles. The monoisotopic (exact) mass is 253 g/mol. The van der Waals surface area contributed by atoms with Crippen molar-refractivity contribution in [2.45, 2.75) is 13.1 Å². The van der Waals surface area contributed by atoms with Crippen LogP contribution in [0.5, 0.6) is 0 Å². The number of aromatic nitrogens is 1. The van der Waals surface area contributed by atoms with Crippen LogP contribution in [0.4, 0.5) is 4.39 Å². The fourth-order valence-electron chi connectivity index (χ4n) is 1.62. The summed E-state index contributed by atoms with van der Waals surface area (Å²) in [6.45, 7) is 1.58. The third-order valence-electron chi connectivity index (χ3n) is 2.60. The van der Waals surface area contributed by atoms with E-state index in [1.165, 1.54) is 17.8 Å². The summed E-state index contributed by atoms with van der Waals surface area (Å²) in [6, 6.07) is 10.7. The van der Waals surface area contributed by atoms with Gasteiger partial charge in [-0.2, -0.15) is 0 Å². The van der Waals surface area contributed by atoms with Crippen molar-refractivity contribution in [3.05, 3.63) is 59.7 Å². The SMILES string of the molecule is Cn1cccc1CNCc1ccc(F)cc1.[Cl-]. The summed E-state index contributed by atoms with van der Waals surface area (Å²) < 4.78 is 14.7. The van der Waals surface area contributed by atoms with Crippen LogP contribution in [0.1, 0.15) is 11.3 Å². The Morgan fingerprint density at radius 1 is 1.12 bits per heavy atom. The lowest BCUT2D eigenvalue weighted by Crippen LogP contribution is -3.00. The van der Waals surface area contributed by atoms with Crippen molar-refractivity contribution in [1.29, 1.82) is 0 Å². The van der Waals surface area contributed by atoms with E-state index < -0.39 is 0 Å². The van der Waals surface area contributed by atoms with Gasteiger partial charge >= 0.3 is 0 Å². The number of halogens is 2. The fraction of sp³-hybridized carbons (Fsp3) is 0.231. The first kappa shape index (κ1) is 13.7. The minimum Gasteiger partial charge on any atom is -1.00 e. The highest BCUT2D eigenvalue weighted by atomic mass is 35.5. The first-order valence-electron chi connectivity index (χ1n) is 5.31. The number of hydrogen-bond acceptors (Lipinski definition) is 1. The van der Waals surface area contributed by atoms with E-state index in [9.17, 15) is 4.39 Å². The van der Waals surface area contributed by atoms with Gasteiger partial charge in [-0.15, -0.1) is 0 Å². The van der Waals surface area contributed by atoms with Crippen LogP contribution < -0.4 is 17.7 Å². The van der Waals surface area contributed by atoms with Crippen molar-refractivity contribution in [2.75, 3.05) is 0 Å². The molecule has 0 unspecified atom stereocenters. The molecule has 2 rings (SSSR count). The van der Waals surface area contributed by atoms with Gasteiger partial charge in [0.1, 0.15) is 5.82 Å². The Balaban J connectivity index is 0.00000144. The second-order valence-corrected chi connectivity index (χ2v) is 3.84. The third kappa shape index (κ3) is 3.88. The highest BCUT2D eigenvalue weighted by Gasteiger charge is 1.97. The second kappa shape index (κ2) is 6.42. The van der Waals surface area contributed by atoms with Crippen molar-refractivity contribution in [3.63, 3.8) is 0 Å². The summed E-state index contributed by atoms with van der Waals surface area (Å²) in [5, 5.41) is 3.32. The van der Waals surface area contributed by atoms with Crippen molar-refractivity contribution < 1.29 is 16.8 Å². The topological polar surface area (TPSA) is 17.0 Å². The summed E-state index contributed by atoms with van der Waals surface area (Å²) in [6.07, 6.45) is 2.02. The molecule has 0 aliphatic heterocycles. The smallest absolute Gasteiger partial charge is 0.123 e. The van der Waals surface area contributed by atoms with Gasteiger partial charge in [0.25, 0.3) is 0 Å². The lowest BCUT2D eigenvalue weighted by Gasteiger charge is -2.06. The van der Waals surface area contributed by atoms with Gasteiger partial charge in [-0.05, 0) is 29.8 Å². The van der Waals surface area contributed by atoms with E-state index in [1.54, 1.807) is 12.1 Å². The molecule has 1 N–H and O–H groups in total. The maximum atomic E-state index is 12.7. The minimum absolute atomic E-state index is 0. The number of aryl methyl sites for hydroxylation is 1. The van der Waals surface area contributed by atoms with E-state index >= 15 is 0 Å². The summed E-state index contributed by atoms with van der Waals surface area (Å²) in [5.41, 5.74) is 2.33. The van der Waals surface area contributed by atoms with Gasteiger partial charge in [0, 0.05) is 32.0 Å². The molecule has 0 radical (unpaired) electrons. The average Bonchev–Trinajstić information content (AvgIpc) is 2.68. The highest BCUT2D eigenvalue weighted by molar-refractivity contribution is 5.16. The molecule has 92 valence electrons. The molecule has 0 saturated carbocycles. The van der Waals surface area contributed by atoms with Crippen LogP contribution >= 0.6 is 0 Å². The van der Waals surface area contributed by atoms with E-state index in [0.29, 0.717) is 0 Å². The molecule has 1 aromatic heterocycles. The molecule has 1 aromatic carbocycles. The molecule has 0 aliphatic rings. The fourth-order valence-corrected chi connectivity index (χ4v) is 1.62. The van der Waals surface area contributed by atoms with Gasteiger partial charge in [0.15, 0.2) is 0 Å². The normalized spacial score (nSPS) is 10.0. The molecule has 17 heavy (non-hydrogen) atoms. The zero-order valence-corrected chi connectivity index (χ0v) is 10.4. The van der Waals surface area contributed by atoms with Gasteiger partial charge in [0.05, 0.1) is 0 Å². The van der Waals surface area contributed by atoms with Crippen molar-refractivity contribution >= 4 is 0 Å². The summed E-state index contributed by atoms with van der Waals surface area (Å²) in [5.74, 6) is -0.189. The number of nitrogens with one attached hydrogen (secondary N) is 1. The quantitative estimate of drug-likeness (QED) is 0.775. The summed E-state index contributed by atoms with van der Waals surface area (Å²) >= 11 is 0. The van der Waals surface area contributed by atoms with Gasteiger partial charge < -0.3 is 22.3 Å². The van der Waals surface area contributed by atoms with Crippen LogP contribution in [0.2, 0.25) is 0 Å². The van der Waals surface area contributed by atoms with Crippen LogP contribution in [-0.2, 0) is 20.1 Å². The predicted octanol–water partition coefficient (Wildman–Crippen LogP) is -0.542. The molecule has 0 bridgehead atoms. The van der Waals surface area contributed by atoms with Crippen LogP contribution in [0.15, 0.2) is 42.6 Å². The average molecular weight is 254 g/mol. The number of nitrogens with zero attached hydrogens (tertiary/aromatic N) is 1. The Labute approximate surface area is 107 Å². The first-order valence-corrected chi connectivity index (χ1v) is 5.31. The third-order valence-corrected chi connectivity index (χ3v) is 2.60. The first-order chi connectivity index (χ1) is 7.75. The maximum Gasteiger partial charge on any atom is 0.123 e. The molecular weight excluding hydrogens is 239 g/mol. The Bertz CT molecular complexity index is 451. The van der Waals surface area contributed by atoms with Gasteiger partial charge in [-0.1, -0.05) is 12.1 Å². The van der Waals surface area contributed by atoms with Gasteiger partial charge in [-0.25, -0.2) is 4.39 Å². The lowest BCUT2D eigenvalue weighted by molar-refractivity contribution is -0.00000398. The van der Waals surface area contributed by atoms with E-state index in [2.05, 4.69) is 16.0 Å². The van der Waals surface area contributed by atoms with Crippen molar-refractivity contribution in [1.82, 2.24) is 9.88 Å². The number of benzene rings is 1. The molecule has 2 aromatic rings. The standard InChI is InChI=1S/C13H15FN2.ClH/c1-16-8-2-3-13(16)10-15-9-11-4-6-12(14)7-5-11;/h2-8,15H,9-10H2,1H3;1H/p-1. The molecule has 0 amide bonds. The van der Waals surface area contributed by atoms with Crippen LogP contribution in [-0.4, -0.2) is 4.57 Å². The summed E-state index contributed by atoms with van der Waals surface area (Å²) in [7, 11) is 2.02. The molecular formula is C13H15ClFN2-. The largest absolute Gasteiger partial charge is 1.00 e.